The molecule has 0 aromatic heterocycles. The van der Waals surface area contributed by atoms with Gasteiger partial charge in [-0.2, -0.15) is 5.10 Å². The lowest BCUT2D eigenvalue weighted by atomic mass is 9.92. The van der Waals surface area contributed by atoms with E-state index >= 15 is 0 Å². The van der Waals surface area contributed by atoms with Crippen LogP contribution >= 0.6 is 11.8 Å². The molecular weight excluding hydrogens is 314 g/mol. The number of imide groups is 1. The van der Waals surface area contributed by atoms with E-state index in [-0.39, 0.29) is 0 Å². The maximum atomic E-state index is 12.1. The van der Waals surface area contributed by atoms with Crippen molar-refractivity contribution in [3.8, 4) is 0 Å². The lowest BCUT2D eigenvalue weighted by Gasteiger charge is -2.34. The first-order valence-corrected chi connectivity index (χ1v) is 8.32. The molecule has 1 aromatic rings. The number of hydrogen-bond acceptors (Lipinski definition) is 6. The number of thioether (sulfide) groups is 1. The van der Waals surface area contributed by atoms with Crippen LogP contribution in [-0.2, 0) is 11.2 Å². The number of carbonyl (C=O) groups excluding carboxylic acids is 2. The number of fused-ring (bicyclic) bond motifs is 1. The van der Waals surface area contributed by atoms with Crippen LogP contribution in [0.2, 0.25) is 0 Å². The molecule has 7 heteroatoms. The van der Waals surface area contributed by atoms with Crippen molar-refractivity contribution >= 4 is 34.5 Å². The third kappa shape index (κ3) is 2.81. The van der Waals surface area contributed by atoms with Crippen molar-refractivity contribution in [1.29, 1.82) is 0 Å². The van der Waals surface area contributed by atoms with E-state index < -0.39 is 16.1 Å². The first-order valence-electron chi connectivity index (χ1n) is 7.50. The van der Waals surface area contributed by atoms with Crippen molar-refractivity contribution in [3.05, 3.63) is 29.3 Å². The van der Waals surface area contributed by atoms with Crippen LogP contribution in [0.4, 0.5) is 15.3 Å². The van der Waals surface area contributed by atoms with Gasteiger partial charge in [-0.25, -0.2) is 4.79 Å². The maximum absolute atomic E-state index is 12.1. The molecule has 122 valence electrons. The minimum absolute atomic E-state index is 0.427. The average Bonchev–Trinajstić information content (AvgIpc) is 2.53. The Balaban J connectivity index is 2.12. The summed E-state index contributed by atoms with van der Waals surface area (Å²) >= 11 is 1.08. The quantitative estimate of drug-likeness (QED) is 0.852. The minimum atomic E-state index is -0.770. The van der Waals surface area contributed by atoms with E-state index in [1.807, 2.05) is 26.0 Å². The monoisotopic (exact) mass is 333 g/mol. The number of rotatable bonds is 1. The standard InChI is InChI=1S/C16H19N3O3S/c1-16(2)13(18-19(14(20)22-3)15(21)23-16)11-8-4-6-10-7-5-9-17-12(10)11/h4,6,8,17H,5,7,9H2,1-3H3. The largest absolute Gasteiger partial charge is 0.451 e. The number of hydrogen-bond donors (Lipinski definition) is 1. The van der Waals surface area contributed by atoms with E-state index in [1.54, 1.807) is 0 Å². The molecule has 23 heavy (non-hydrogen) atoms. The second-order valence-electron chi connectivity index (χ2n) is 5.98. The van der Waals surface area contributed by atoms with E-state index in [0.29, 0.717) is 5.71 Å². The zero-order chi connectivity index (χ0) is 16.6. The number of methoxy groups -OCH3 is 1. The SMILES string of the molecule is COC(=O)N1N=C(c2cccc3c2NCCC3)C(C)(C)SC1=O. The molecule has 3 rings (SSSR count). The van der Waals surface area contributed by atoms with E-state index in [1.165, 1.54) is 12.7 Å². The lowest BCUT2D eigenvalue weighted by molar-refractivity contribution is 0.136. The second-order valence-corrected chi connectivity index (χ2v) is 7.55. The number of aryl methyl sites for hydroxylation is 1. The Hall–Kier alpha value is -2.02. The predicted octanol–water partition coefficient (Wildman–Crippen LogP) is 3.46. The van der Waals surface area contributed by atoms with Gasteiger partial charge in [0.25, 0.3) is 0 Å². The number of anilines is 1. The smallest absolute Gasteiger partial charge is 0.438 e. The van der Waals surface area contributed by atoms with Gasteiger partial charge in [-0.3, -0.25) is 4.79 Å². The van der Waals surface area contributed by atoms with Gasteiger partial charge in [0, 0.05) is 17.8 Å². The molecule has 0 unspecified atom stereocenters. The number of benzene rings is 1. The van der Waals surface area contributed by atoms with Crippen LogP contribution in [0.5, 0.6) is 0 Å². The number of carbonyl (C=O) groups is 2. The molecule has 0 bridgehead atoms. The van der Waals surface area contributed by atoms with Crippen LogP contribution < -0.4 is 5.32 Å². The molecule has 2 aliphatic heterocycles. The predicted molar refractivity (Wildman–Crippen MR) is 91.1 cm³/mol. The molecule has 0 saturated carbocycles. The van der Waals surface area contributed by atoms with E-state index in [2.05, 4.69) is 21.2 Å². The topological polar surface area (TPSA) is 71.0 Å². The second kappa shape index (κ2) is 5.88. The molecular formula is C16H19N3O3S. The zero-order valence-electron chi connectivity index (χ0n) is 13.4. The van der Waals surface area contributed by atoms with Gasteiger partial charge in [0.15, 0.2) is 0 Å². The normalized spacial score (nSPS) is 19.5. The fourth-order valence-corrected chi connectivity index (χ4v) is 3.74. The molecule has 0 radical (unpaired) electrons. The van der Waals surface area contributed by atoms with Gasteiger partial charge < -0.3 is 10.1 Å². The van der Waals surface area contributed by atoms with Gasteiger partial charge in [0.2, 0.25) is 0 Å². The summed E-state index contributed by atoms with van der Waals surface area (Å²) in [5.41, 5.74) is 3.91. The summed E-state index contributed by atoms with van der Waals surface area (Å²) in [6.45, 7) is 4.78. The van der Waals surface area contributed by atoms with Crippen LogP contribution in [0.15, 0.2) is 23.3 Å². The number of nitrogens with zero attached hydrogens (tertiary/aromatic N) is 2. The highest BCUT2D eigenvalue weighted by Crippen LogP contribution is 2.39. The molecule has 0 atom stereocenters. The van der Waals surface area contributed by atoms with Crippen molar-refractivity contribution in [2.45, 2.75) is 31.4 Å². The fourth-order valence-electron chi connectivity index (χ4n) is 2.86. The molecule has 2 heterocycles. The molecule has 1 N–H and O–H groups in total. The van der Waals surface area contributed by atoms with Crippen LogP contribution in [0.1, 0.15) is 31.4 Å². The zero-order valence-corrected chi connectivity index (χ0v) is 14.2. The Labute approximate surface area is 139 Å². The van der Waals surface area contributed by atoms with Gasteiger partial charge in [-0.15, -0.1) is 5.01 Å². The summed E-state index contributed by atoms with van der Waals surface area (Å²) in [7, 11) is 1.24. The van der Waals surface area contributed by atoms with Gasteiger partial charge >= 0.3 is 11.3 Å². The first kappa shape index (κ1) is 15.9. The van der Waals surface area contributed by atoms with Crippen molar-refractivity contribution < 1.29 is 14.3 Å². The van der Waals surface area contributed by atoms with Gasteiger partial charge in [-0.1, -0.05) is 18.2 Å². The Bertz CT molecular complexity index is 700. The van der Waals surface area contributed by atoms with Crippen LogP contribution in [-0.4, -0.2) is 40.5 Å². The summed E-state index contributed by atoms with van der Waals surface area (Å²) < 4.78 is 4.12. The van der Waals surface area contributed by atoms with Crippen molar-refractivity contribution in [2.75, 3.05) is 19.0 Å². The van der Waals surface area contributed by atoms with E-state index in [4.69, 9.17) is 0 Å². The minimum Gasteiger partial charge on any atom is -0.451 e. The maximum Gasteiger partial charge on any atom is 0.438 e. The first-order chi connectivity index (χ1) is 10.9. The van der Waals surface area contributed by atoms with Crippen LogP contribution in [0.3, 0.4) is 0 Å². The third-order valence-electron chi connectivity index (χ3n) is 3.96. The van der Waals surface area contributed by atoms with Crippen LogP contribution in [0.25, 0.3) is 0 Å². The number of amides is 2. The number of ether oxygens (including phenoxy) is 1. The highest BCUT2D eigenvalue weighted by atomic mass is 32.2. The summed E-state index contributed by atoms with van der Waals surface area (Å²) in [5.74, 6) is 0. The summed E-state index contributed by atoms with van der Waals surface area (Å²) in [6.07, 6.45) is 1.33. The highest BCUT2D eigenvalue weighted by Gasteiger charge is 2.41. The van der Waals surface area contributed by atoms with E-state index in [0.717, 1.165) is 47.4 Å². The summed E-state index contributed by atoms with van der Waals surface area (Å²) in [5, 5.41) is 8.13. The molecule has 0 spiro atoms. The average molecular weight is 333 g/mol. The Kier molecular flexibility index (Phi) is 4.06. The number of para-hydroxylation sites is 1. The Morgan fingerprint density at radius 3 is 2.96 bits per heavy atom. The Morgan fingerprint density at radius 1 is 1.43 bits per heavy atom. The van der Waals surface area contributed by atoms with Gasteiger partial charge in [-0.05, 0) is 44.0 Å². The lowest BCUT2D eigenvalue weighted by Crippen LogP contribution is -2.43. The van der Waals surface area contributed by atoms with Crippen molar-refractivity contribution in [1.82, 2.24) is 5.01 Å². The van der Waals surface area contributed by atoms with E-state index in [9.17, 15) is 9.59 Å². The highest BCUT2D eigenvalue weighted by molar-refractivity contribution is 8.15. The number of hydrazone groups is 1. The van der Waals surface area contributed by atoms with Gasteiger partial charge in [0.1, 0.15) is 0 Å². The van der Waals surface area contributed by atoms with Crippen molar-refractivity contribution in [3.63, 3.8) is 0 Å². The fraction of sp³-hybridized carbons (Fsp3) is 0.438. The summed E-state index contributed by atoms with van der Waals surface area (Å²) in [4.78, 5) is 23.9. The van der Waals surface area contributed by atoms with Gasteiger partial charge in [0.05, 0.1) is 17.6 Å². The van der Waals surface area contributed by atoms with Crippen LogP contribution in [0, 0.1) is 0 Å². The summed E-state index contributed by atoms with van der Waals surface area (Å²) in [6, 6.07) is 6.06. The molecule has 2 aliphatic rings. The molecule has 6 nitrogen and oxygen atoms in total. The molecule has 0 fully saturated rings. The number of nitrogens with one attached hydrogen (secondary N) is 1. The molecule has 0 aliphatic carbocycles. The molecule has 2 amide bonds. The molecule has 1 aromatic carbocycles. The Morgan fingerprint density at radius 2 is 2.22 bits per heavy atom. The third-order valence-corrected chi connectivity index (χ3v) is 5.01. The van der Waals surface area contributed by atoms with Crippen molar-refractivity contribution in [2.24, 2.45) is 5.10 Å². The molecule has 0 saturated heterocycles.